The molecule has 0 unspecified atom stereocenters. The molecule has 0 spiro atoms. The highest BCUT2D eigenvalue weighted by atomic mass is 32.1. The van der Waals surface area contributed by atoms with Gasteiger partial charge in [-0.1, -0.05) is 19.1 Å². The highest BCUT2D eigenvalue weighted by Gasteiger charge is 2.51. The molecule has 0 aliphatic heterocycles. The first-order chi connectivity index (χ1) is 9.99. The molecular formula is C17H28N2OS. The predicted octanol–water partition coefficient (Wildman–Crippen LogP) is 3.12. The monoisotopic (exact) mass is 308 g/mol. The van der Waals surface area contributed by atoms with Crippen LogP contribution < -0.4 is 5.73 Å². The van der Waals surface area contributed by atoms with Crippen molar-refractivity contribution >= 4 is 23.1 Å². The van der Waals surface area contributed by atoms with Crippen LogP contribution in [0.1, 0.15) is 58.3 Å². The summed E-state index contributed by atoms with van der Waals surface area (Å²) in [5.74, 6) is 2.99. The first kappa shape index (κ1) is 15.3. The van der Waals surface area contributed by atoms with Gasteiger partial charge in [-0.2, -0.15) is 0 Å². The lowest BCUT2D eigenvalue weighted by atomic mass is 9.49. The summed E-state index contributed by atoms with van der Waals surface area (Å²) in [4.78, 5) is 15.1. The average Bonchev–Trinajstić information content (AvgIpc) is 2.35. The van der Waals surface area contributed by atoms with E-state index in [1.807, 2.05) is 4.90 Å². The first-order valence-electron chi connectivity index (χ1n) is 8.56. The van der Waals surface area contributed by atoms with Gasteiger partial charge in [0.05, 0.1) is 11.5 Å². The van der Waals surface area contributed by atoms with E-state index in [2.05, 4.69) is 6.92 Å². The fourth-order valence-corrected chi connectivity index (χ4v) is 5.84. The van der Waals surface area contributed by atoms with Gasteiger partial charge in [0.15, 0.2) is 0 Å². The Morgan fingerprint density at radius 2 is 1.71 bits per heavy atom. The molecule has 0 radical (unpaired) electrons. The van der Waals surface area contributed by atoms with Crippen molar-refractivity contribution < 1.29 is 4.79 Å². The zero-order valence-corrected chi connectivity index (χ0v) is 14.0. The van der Waals surface area contributed by atoms with Crippen molar-refractivity contribution in [1.82, 2.24) is 4.90 Å². The third kappa shape index (κ3) is 3.25. The quantitative estimate of drug-likeness (QED) is 0.767. The van der Waals surface area contributed by atoms with Gasteiger partial charge < -0.3 is 10.6 Å². The van der Waals surface area contributed by atoms with Crippen LogP contribution in [-0.2, 0) is 4.79 Å². The SMILES string of the molecule is CCCN(CC(N)=S)C(=O)CC12CC3CC(CC(C3)C1)C2. The smallest absolute Gasteiger partial charge is 0.223 e. The minimum atomic E-state index is 0.284. The second kappa shape index (κ2) is 5.86. The van der Waals surface area contributed by atoms with E-state index in [1.54, 1.807) is 0 Å². The summed E-state index contributed by atoms with van der Waals surface area (Å²) in [7, 11) is 0. The second-order valence-corrected chi connectivity index (χ2v) is 8.40. The number of rotatable bonds is 6. The molecule has 4 heteroatoms. The fourth-order valence-electron chi connectivity index (χ4n) is 5.69. The van der Waals surface area contributed by atoms with Gasteiger partial charge in [-0.25, -0.2) is 0 Å². The Bertz CT molecular complexity index is 399. The molecule has 4 fully saturated rings. The third-order valence-electron chi connectivity index (χ3n) is 5.88. The van der Waals surface area contributed by atoms with E-state index in [9.17, 15) is 4.79 Å². The molecule has 2 N–H and O–H groups in total. The fraction of sp³-hybridized carbons (Fsp3) is 0.882. The number of carbonyl (C=O) groups is 1. The van der Waals surface area contributed by atoms with Crippen LogP contribution in [0.2, 0.25) is 0 Å². The van der Waals surface area contributed by atoms with Crippen LogP contribution in [0.5, 0.6) is 0 Å². The van der Waals surface area contributed by atoms with Crippen LogP contribution in [0.15, 0.2) is 0 Å². The maximum absolute atomic E-state index is 12.8. The number of nitrogens with zero attached hydrogens (tertiary/aromatic N) is 1. The van der Waals surface area contributed by atoms with Crippen molar-refractivity contribution in [2.75, 3.05) is 13.1 Å². The Morgan fingerprint density at radius 3 is 2.14 bits per heavy atom. The van der Waals surface area contributed by atoms with Crippen molar-refractivity contribution in [2.24, 2.45) is 28.9 Å². The topological polar surface area (TPSA) is 46.3 Å². The van der Waals surface area contributed by atoms with Crippen LogP contribution >= 0.6 is 12.2 Å². The van der Waals surface area contributed by atoms with Crippen molar-refractivity contribution in [3.63, 3.8) is 0 Å². The average molecular weight is 308 g/mol. The summed E-state index contributed by atoms with van der Waals surface area (Å²) >= 11 is 5.01. The van der Waals surface area contributed by atoms with Gasteiger partial charge in [0.2, 0.25) is 5.91 Å². The van der Waals surface area contributed by atoms with Gasteiger partial charge in [0, 0.05) is 13.0 Å². The van der Waals surface area contributed by atoms with E-state index in [0.717, 1.165) is 37.1 Å². The molecule has 3 nitrogen and oxygen atoms in total. The largest absolute Gasteiger partial charge is 0.392 e. The summed E-state index contributed by atoms with van der Waals surface area (Å²) in [5.41, 5.74) is 5.97. The van der Waals surface area contributed by atoms with E-state index >= 15 is 0 Å². The number of hydrogen-bond acceptors (Lipinski definition) is 2. The van der Waals surface area contributed by atoms with Crippen LogP contribution in [0, 0.1) is 23.2 Å². The number of hydrogen-bond donors (Lipinski definition) is 1. The van der Waals surface area contributed by atoms with Gasteiger partial charge in [-0.3, -0.25) is 4.79 Å². The lowest BCUT2D eigenvalue weighted by Gasteiger charge is -2.57. The Kier molecular flexibility index (Phi) is 4.26. The predicted molar refractivity (Wildman–Crippen MR) is 88.9 cm³/mol. The lowest BCUT2D eigenvalue weighted by Crippen LogP contribution is -2.49. The van der Waals surface area contributed by atoms with Crippen molar-refractivity contribution in [3.8, 4) is 0 Å². The molecule has 4 aliphatic rings. The van der Waals surface area contributed by atoms with Crippen molar-refractivity contribution in [2.45, 2.75) is 58.3 Å². The lowest BCUT2D eigenvalue weighted by molar-refractivity contribution is -0.138. The normalized spacial score (nSPS) is 36.7. The second-order valence-electron chi connectivity index (χ2n) is 7.88. The standard InChI is InChI=1S/C17H28N2OS/c1-2-3-19(11-15(18)21)16(20)10-17-7-12-4-13(8-17)6-14(5-12)9-17/h12-14H,2-11H2,1H3,(H2,18,21). The van der Waals surface area contributed by atoms with Crippen molar-refractivity contribution in [3.05, 3.63) is 0 Å². The van der Waals surface area contributed by atoms with Gasteiger partial charge in [0.25, 0.3) is 0 Å². The van der Waals surface area contributed by atoms with E-state index in [-0.39, 0.29) is 5.91 Å². The highest BCUT2D eigenvalue weighted by Crippen LogP contribution is 2.61. The van der Waals surface area contributed by atoms with E-state index < -0.39 is 0 Å². The molecule has 4 saturated carbocycles. The minimum absolute atomic E-state index is 0.284. The molecule has 0 atom stereocenters. The molecule has 4 aliphatic carbocycles. The zero-order chi connectivity index (χ0) is 15.0. The van der Waals surface area contributed by atoms with Crippen LogP contribution in [0.3, 0.4) is 0 Å². The summed E-state index contributed by atoms with van der Waals surface area (Å²) in [6.07, 6.45) is 9.86. The maximum Gasteiger partial charge on any atom is 0.223 e. The molecule has 118 valence electrons. The van der Waals surface area contributed by atoms with Crippen LogP contribution in [0.25, 0.3) is 0 Å². The van der Waals surface area contributed by atoms with Gasteiger partial charge in [0.1, 0.15) is 0 Å². The molecule has 1 amide bonds. The molecule has 21 heavy (non-hydrogen) atoms. The Labute approximate surface area is 133 Å². The number of amides is 1. The van der Waals surface area contributed by atoms with E-state index in [0.29, 0.717) is 16.9 Å². The molecule has 0 aromatic carbocycles. The van der Waals surface area contributed by atoms with Gasteiger partial charge >= 0.3 is 0 Å². The Balaban J connectivity index is 1.67. The maximum atomic E-state index is 12.8. The molecule has 4 rings (SSSR count). The van der Waals surface area contributed by atoms with Crippen molar-refractivity contribution in [1.29, 1.82) is 0 Å². The van der Waals surface area contributed by atoms with Gasteiger partial charge in [-0.15, -0.1) is 0 Å². The number of nitrogens with two attached hydrogens (primary N) is 1. The Hall–Kier alpha value is -0.640. The molecule has 0 saturated heterocycles. The summed E-state index contributed by atoms with van der Waals surface area (Å²) in [5, 5.41) is 0. The first-order valence-corrected chi connectivity index (χ1v) is 8.96. The Morgan fingerprint density at radius 1 is 1.19 bits per heavy atom. The minimum Gasteiger partial charge on any atom is -0.392 e. The van der Waals surface area contributed by atoms with Gasteiger partial charge in [-0.05, 0) is 68.1 Å². The molecule has 0 aromatic rings. The number of thiocarbonyl (C=S) groups is 1. The summed E-state index contributed by atoms with van der Waals surface area (Å²) in [6.45, 7) is 3.33. The third-order valence-corrected chi connectivity index (χ3v) is 6.01. The molecule has 4 bridgehead atoms. The van der Waals surface area contributed by atoms with E-state index in [1.165, 1.54) is 38.5 Å². The zero-order valence-electron chi connectivity index (χ0n) is 13.1. The number of carbonyl (C=O) groups excluding carboxylic acids is 1. The summed E-state index contributed by atoms with van der Waals surface area (Å²) in [6, 6.07) is 0. The highest BCUT2D eigenvalue weighted by molar-refractivity contribution is 7.80. The van der Waals surface area contributed by atoms with Crippen LogP contribution in [0.4, 0.5) is 0 Å². The molecule has 0 heterocycles. The van der Waals surface area contributed by atoms with E-state index in [4.69, 9.17) is 18.0 Å². The molecular weight excluding hydrogens is 280 g/mol. The molecule has 0 aromatic heterocycles. The van der Waals surface area contributed by atoms with Crippen LogP contribution in [-0.4, -0.2) is 28.9 Å². The summed E-state index contributed by atoms with van der Waals surface area (Å²) < 4.78 is 0.